The molecule has 5 nitrogen and oxygen atoms in total. The number of benzene rings is 1. The molecule has 0 atom stereocenters. The van der Waals surface area contributed by atoms with Crippen molar-refractivity contribution in [3.63, 3.8) is 0 Å². The van der Waals surface area contributed by atoms with Crippen molar-refractivity contribution >= 4 is 31.6 Å². The second kappa shape index (κ2) is 4.74. The summed E-state index contributed by atoms with van der Waals surface area (Å²) in [5.74, 6) is 0. The monoisotopic (exact) mass is 329 g/mol. The number of aryl methyl sites for hydroxylation is 2. The van der Waals surface area contributed by atoms with Crippen LogP contribution in [-0.2, 0) is 17.1 Å². The molecule has 2 aromatic rings. The maximum absolute atomic E-state index is 12.1. The number of sulfonamides is 1. The smallest absolute Gasteiger partial charge is 0.265 e. The van der Waals surface area contributed by atoms with E-state index in [1.807, 2.05) is 0 Å². The van der Waals surface area contributed by atoms with Gasteiger partial charge in [-0.2, -0.15) is 5.10 Å². The van der Waals surface area contributed by atoms with Crippen LogP contribution in [0.4, 0.5) is 5.69 Å². The Hall–Kier alpha value is -1.34. The van der Waals surface area contributed by atoms with Gasteiger partial charge < -0.3 is 0 Å². The molecule has 0 fully saturated rings. The lowest BCUT2D eigenvalue weighted by Crippen LogP contribution is -2.13. The third-order valence-corrected chi connectivity index (χ3v) is 4.37. The van der Waals surface area contributed by atoms with Crippen molar-refractivity contribution in [2.45, 2.75) is 11.8 Å². The first-order chi connectivity index (χ1) is 8.38. The van der Waals surface area contributed by atoms with Gasteiger partial charge in [0.25, 0.3) is 10.0 Å². The molecule has 0 aliphatic carbocycles. The lowest BCUT2D eigenvalue weighted by atomic mass is 10.3. The van der Waals surface area contributed by atoms with E-state index in [0.717, 1.165) is 4.47 Å². The molecule has 0 amide bonds. The zero-order valence-corrected chi connectivity index (χ0v) is 12.3. The molecule has 1 heterocycles. The molecule has 0 spiro atoms. The van der Waals surface area contributed by atoms with E-state index in [1.165, 1.54) is 10.9 Å². The van der Waals surface area contributed by atoms with Crippen molar-refractivity contribution in [1.29, 1.82) is 0 Å². The first kappa shape index (κ1) is 13.1. The number of nitrogens with one attached hydrogen (secondary N) is 1. The number of hydrogen-bond donors (Lipinski definition) is 1. The van der Waals surface area contributed by atoms with Crippen molar-refractivity contribution in [2.24, 2.45) is 7.05 Å². The van der Waals surface area contributed by atoms with Crippen molar-refractivity contribution in [2.75, 3.05) is 4.72 Å². The van der Waals surface area contributed by atoms with Crippen LogP contribution in [0, 0.1) is 6.92 Å². The van der Waals surface area contributed by atoms with Gasteiger partial charge in [-0.3, -0.25) is 9.40 Å². The highest BCUT2D eigenvalue weighted by atomic mass is 79.9. The Balaban J connectivity index is 2.33. The second-order valence-electron chi connectivity index (χ2n) is 3.86. The minimum atomic E-state index is -3.58. The number of rotatable bonds is 3. The van der Waals surface area contributed by atoms with Gasteiger partial charge in [0.05, 0.1) is 5.69 Å². The largest absolute Gasteiger partial charge is 0.280 e. The molecule has 2 rings (SSSR count). The lowest BCUT2D eigenvalue weighted by Gasteiger charge is -2.06. The predicted octanol–water partition coefficient (Wildman–Crippen LogP) is 2.29. The topological polar surface area (TPSA) is 64.0 Å². The SMILES string of the molecule is Cc1nn(C)cc1S(=O)(=O)Nc1ccc(Br)cc1. The van der Waals surface area contributed by atoms with Gasteiger partial charge in [-0.1, -0.05) is 15.9 Å². The third-order valence-electron chi connectivity index (χ3n) is 2.35. The minimum Gasteiger partial charge on any atom is -0.280 e. The lowest BCUT2D eigenvalue weighted by molar-refractivity contribution is 0.600. The van der Waals surface area contributed by atoms with E-state index in [4.69, 9.17) is 0 Å². The van der Waals surface area contributed by atoms with Crippen LogP contribution in [0.5, 0.6) is 0 Å². The molecular formula is C11H12BrN3O2S. The normalized spacial score (nSPS) is 11.5. The molecule has 18 heavy (non-hydrogen) atoms. The van der Waals surface area contributed by atoms with Gasteiger partial charge in [0.2, 0.25) is 0 Å². The van der Waals surface area contributed by atoms with E-state index in [9.17, 15) is 8.42 Å². The van der Waals surface area contributed by atoms with Crippen molar-refractivity contribution in [3.05, 3.63) is 40.6 Å². The Morgan fingerprint density at radius 3 is 2.39 bits per heavy atom. The van der Waals surface area contributed by atoms with Crippen molar-refractivity contribution in [3.8, 4) is 0 Å². The third kappa shape index (κ3) is 2.73. The molecule has 0 unspecified atom stereocenters. The molecular weight excluding hydrogens is 318 g/mol. The fraction of sp³-hybridized carbons (Fsp3) is 0.182. The summed E-state index contributed by atoms with van der Waals surface area (Å²) in [6, 6.07) is 6.92. The highest BCUT2D eigenvalue weighted by Gasteiger charge is 2.19. The van der Waals surface area contributed by atoms with Crippen LogP contribution in [0.1, 0.15) is 5.69 Å². The Morgan fingerprint density at radius 1 is 1.28 bits per heavy atom. The number of anilines is 1. The summed E-state index contributed by atoms with van der Waals surface area (Å²) in [5, 5.41) is 4.02. The van der Waals surface area contributed by atoms with Gasteiger partial charge in [0.1, 0.15) is 4.90 Å². The molecule has 1 aromatic heterocycles. The first-order valence-corrected chi connectivity index (χ1v) is 7.45. The van der Waals surface area contributed by atoms with Gasteiger partial charge in [-0.25, -0.2) is 8.42 Å². The maximum Gasteiger partial charge on any atom is 0.265 e. The van der Waals surface area contributed by atoms with E-state index in [1.54, 1.807) is 38.2 Å². The summed E-state index contributed by atoms with van der Waals surface area (Å²) in [7, 11) is -1.90. The van der Waals surface area contributed by atoms with Crippen LogP contribution >= 0.6 is 15.9 Å². The first-order valence-electron chi connectivity index (χ1n) is 5.17. The summed E-state index contributed by atoms with van der Waals surface area (Å²) < 4.78 is 29.2. The van der Waals surface area contributed by atoms with Gasteiger partial charge in [-0.15, -0.1) is 0 Å². The Labute approximate surface area is 114 Å². The highest BCUT2D eigenvalue weighted by molar-refractivity contribution is 9.10. The number of hydrogen-bond acceptors (Lipinski definition) is 3. The quantitative estimate of drug-likeness (QED) is 0.939. The van der Waals surface area contributed by atoms with E-state index in [2.05, 4.69) is 25.8 Å². The average molecular weight is 330 g/mol. The zero-order chi connectivity index (χ0) is 13.3. The fourth-order valence-corrected chi connectivity index (χ4v) is 3.11. The van der Waals surface area contributed by atoms with E-state index >= 15 is 0 Å². The number of halogens is 1. The number of aromatic nitrogens is 2. The molecule has 7 heteroatoms. The van der Waals surface area contributed by atoms with E-state index < -0.39 is 10.0 Å². The fourth-order valence-electron chi connectivity index (χ4n) is 1.57. The summed E-state index contributed by atoms with van der Waals surface area (Å²) in [4.78, 5) is 0.188. The molecule has 0 aliphatic heterocycles. The van der Waals surface area contributed by atoms with Crippen LogP contribution in [0.15, 0.2) is 39.8 Å². The molecule has 0 aliphatic rings. The maximum atomic E-state index is 12.1. The zero-order valence-electron chi connectivity index (χ0n) is 9.88. The standard InChI is InChI=1S/C11H12BrN3O2S/c1-8-11(7-15(2)13-8)18(16,17)14-10-5-3-9(12)4-6-10/h3-7,14H,1-2H3. The van der Waals surface area contributed by atoms with Gasteiger partial charge in [0, 0.05) is 23.4 Å². The van der Waals surface area contributed by atoms with Crippen LogP contribution in [0.2, 0.25) is 0 Å². The van der Waals surface area contributed by atoms with Crippen LogP contribution < -0.4 is 4.72 Å². The molecule has 1 N–H and O–H groups in total. The van der Waals surface area contributed by atoms with Crippen molar-refractivity contribution in [1.82, 2.24) is 9.78 Å². The Bertz CT molecular complexity index is 662. The molecule has 0 bridgehead atoms. The van der Waals surface area contributed by atoms with E-state index in [0.29, 0.717) is 11.4 Å². The Morgan fingerprint density at radius 2 is 1.89 bits per heavy atom. The molecule has 1 aromatic carbocycles. The van der Waals surface area contributed by atoms with Gasteiger partial charge in [0.15, 0.2) is 0 Å². The van der Waals surface area contributed by atoms with E-state index in [-0.39, 0.29) is 4.90 Å². The average Bonchev–Trinajstić information content (AvgIpc) is 2.62. The minimum absolute atomic E-state index is 0.188. The summed E-state index contributed by atoms with van der Waals surface area (Å²) in [6.07, 6.45) is 1.48. The summed E-state index contributed by atoms with van der Waals surface area (Å²) in [6.45, 7) is 1.66. The second-order valence-corrected chi connectivity index (χ2v) is 6.43. The molecule has 96 valence electrons. The van der Waals surface area contributed by atoms with Crippen LogP contribution in [0.3, 0.4) is 0 Å². The molecule has 0 radical (unpaired) electrons. The summed E-state index contributed by atoms with van der Waals surface area (Å²) >= 11 is 3.29. The van der Waals surface area contributed by atoms with Crippen molar-refractivity contribution < 1.29 is 8.42 Å². The van der Waals surface area contributed by atoms with Gasteiger partial charge in [-0.05, 0) is 31.2 Å². The van der Waals surface area contributed by atoms with Gasteiger partial charge >= 0.3 is 0 Å². The molecule has 0 saturated heterocycles. The predicted molar refractivity (Wildman–Crippen MR) is 72.9 cm³/mol. The van der Waals surface area contributed by atoms with Crippen LogP contribution in [-0.4, -0.2) is 18.2 Å². The molecule has 0 saturated carbocycles. The highest BCUT2D eigenvalue weighted by Crippen LogP contribution is 2.20. The Kier molecular flexibility index (Phi) is 3.45. The number of nitrogens with zero attached hydrogens (tertiary/aromatic N) is 2. The summed E-state index contributed by atoms with van der Waals surface area (Å²) in [5.41, 5.74) is 0.989. The van der Waals surface area contributed by atoms with Crippen LogP contribution in [0.25, 0.3) is 0 Å².